The van der Waals surface area contributed by atoms with E-state index in [0.717, 1.165) is 5.01 Å². The molecule has 2 rings (SSSR count). The lowest BCUT2D eigenvalue weighted by atomic mass is 10.3. The predicted molar refractivity (Wildman–Crippen MR) is 85.1 cm³/mol. The second-order valence-electron chi connectivity index (χ2n) is 4.79. The third-order valence-corrected chi connectivity index (χ3v) is 3.81. The number of aromatic nitrogens is 1. The Morgan fingerprint density at radius 1 is 1.43 bits per heavy atom. The Balaban J connectivity index is 1.73. The molecule has 0 aliphatic heterocycles. The molecule has 0 fully saturated rings. The summed E-state index contributed by atoms with van der Waals surface area (Å²) in [6.07, 6.45) is -0.252. The average molecular weight is 339 g/mol. The van der Waals surface area contributed by atoms with Gasteiger partial charge in [0.2, 0.25) is 0 Å². The summed E-state index contributed by atoms with van der Waals surface area (Å²) in [7, 11) is 0. The van der Waals surface area contributed by atoms with Gasteiger partial charge in [0, 0.05) is 18.3 Å². The standard InChI is InChI=1S/C15H18FN3O3S/c16-10-1-3-12(4-2-10)22-8-11(20)7-18-15(21)13-9-23-14(19-13)5-6-17/h1-4,9,11,20H,5-8,17H2,(H,18,21). The molecule has 0 saturated carbocycles. The molecule has 1 aromatic heterocycles. The third kappa shape index (κ3) is 5.59. The van der Waals surface area contributed by atoms with Gasteiger partial charge in [0.15, 0.2) is 0 Å². The molecule has 0 bridgehead atoms. The molecule has 124 valence electrons. The molecule has 2 aromatic rings. The van der Waals surface area contributed by atoms with E-state index in [0.29, 0.717) is 24.4 Å². The van der Waals surface area contributed by atoms with E-state index >= 15 is 0 Å². The molecule has 23 heavy (non-hydrogen) atoms. The van der Waals surface area contributed by atoms with Crippen LogP contribution < -0.4 is 15.8 Å². The Hall–Kier alpha value is -2.03. The molecular weight excluding hydrogens is 321 g/mol. The summed E-state index contributed by atoms with van der Waals surface area (Å²) in [5, 5.41) is 14.8. The predicted octanol–water partition coefficient (Wildman–Crippen LogP) is 0.953. The molecule has 0 aliphatic carbocycles. The molecule has 0 saturated heterocycles. The van der Waals surface area contributed by atoms with Crippen LogP contribution in [-0.4, -0.2) is 41.8 Å². The van der Waals surface area contributed by atoms with Crippen molar-refractivity contribution in [1.29, 1.82) is 0 Å². The highest BCUT2D eigenvalue weighted by atomic mass is 32.1. The van der Waals surface area contributed by atoms with Gasteiger partial charge in [-0.15, -0.1) is 11.3 Å². The van der Waals surface area contributed by atoms with E-state index in [1.165, 1.54) is 35.6 Å². The van der Waals surface area contributed by atoms with E-state index in [1.807, 2.05) is 0 Å². The molecule has 6 nitrogen and oxygen atoms in total. The molecule has 1 amide bonds. The highest BCUT2D eigenvalue weighted by molar-refractivity contribution is 7.09. The maximum atomic E-state index is 12.7. The Morgan fingerprint density at radius 2 is 2.17 bits per heavy atom. The summed E-state index contributed by atoms with van der Waals surface area (Å²) in [5.41, 5.74) is 5.74. The number of thiazole rings is 1. The molecule has 1 aromatic carbocycles. The number of benzene rings is 1. The number of amides is 1. The van der Waals surface area contributed by atoms with Crippen LogP contribution in [-0.2, 0) is 6.42 Å². The van der Waals surface area contributed by atoms with Crippen LogP contribution in [0.5, 0.6) is 5.75 Å². The van der Waals surface area contributed by atoms with Crippen molar-refractivity contribution < 1.29 is 19.0 Å². The zero-order valence-corrected chi connectivity index (χ0v) is 13.2. The number of carbonyl (C=O) groups is 1. The Kier molecular flexibility index (Phi) is 6.45. The lowest BCUT2D eigenvalue weighted by molar-refractivity contribution is 0.0840. The second-order valence-corrected chi connectivity index (χ2v) is 5.74. The van der Waals surface area contributed by atoms with Gasteiger partial charge in [-0.3, -0.25) is 4.79 Å². The number of ether oxygens (including phenoxy) is 1. The molecule has 1 unspecified atom stereocenters. The van der Waals surface area contributed by atoms with Crippen LogP contribution in [0, 0.1) is 5.82 Å². The minimum Gasteiger partial charge on any atom is -0.491 e. The fourth-order valence-corrected chi connectivity index (χ4v) is 2.53. The van der Waals surface area contributed by atoms with Gasteiger partial charge < -0.3 is 20.9 Å². The number of hydrogen-bond acceptors (Lipinski definition) is 6. The van der Waals surface area contributed by atoms with Gasteiger partial charge in [-0.05, 0) is 30.8 Å². The minimum absolute atomic E-state index is 0.0125. The molecule has 1 atom stereocenters. The van der Waals surface area contributed by atoms with Crippen molar-refractivity contribution in [2.45, 2.75) is 12.5 Å². The van der Waals surface area contributed by atoms with Gasteiger partial charge in [0.05, 0.1) is 5.01 Å². The lowest BCUT2D eigenvalue weighted by Crippen LogP contribution is -2.35. The number of rotatable bonds is 8. The first-order chi connectivity index (χ1) is 11.1. The maximum absolute atomic E-state index is 12.7. The Morgan fingerprint density at radius 3 is 2.87 bits per heavy atom. The van der Waals surface area contributed by atoms with Crippen LogP contribution in [0.1, 0.15) is 15.5 Å². The quantitative estimate of drug-likeness (QED) is 0.665. The molecule has 0 radical (unpaired) electrons. The summed E-state index contributed by atoms with van der Waals surface area (Å²) in [6, 6.07) is 5.47. The van der Waals surface area contributed by atoms with Crippen LogP contribution in [0.4, 0.5) is 4.39 Å². The topological polar surface area (TPSA) is 97.5 Å². The Bertz CT molecular complexity index is 633. The van der Waals surface area contributed by atoms with Crippen molar-refractivity contribution in [3.63, 3.8) is 0 Å². The summed E-state index contributed by atoms with van der Waals surface area (Å²) < 4.78 is 18.0. The number of nitrogens with zero attached hydrogens (tertiary/aromatic N) is 1. The normalized spacial score (nSPS) is 12.0. The fraction of sp³-hybridized carbons (Fsp3) is 0.333. The first kappa shape index (κ1) is 17.3. The molecule has 0 aliphatic rings. The van der Waals surface area contributed by atoms with Crippen LogP contribution in [0.15, 0.2) is 29.6 Å². The average Bonchev–Trinajstić information content (AvgIpc) is 3.01. The number of carbonyl (C=O) groups excluding carboxylic acids is 1. The highest BCUT2D eigenvalue weighted by Crippen LogP contribution is 2.11. The van der Waals surface area contributed by atoms with Gasteiger partial charge in [0.1, 0.15) is 30.0 Å². The summed E-state index contributed by atoms with van der Waals surface area (Å²) in [6.45, 7) is 0.499. The largest absolute Gasteiger partial charge is 0.491 e. The van der Waals surface area contributed by atoms with Crippen molar-refractivity contribution in [3.05, 3.63) is 46.2 Å². The van der Waals surface area contributed by atoms with Crippen LogP contribution in [0.3, 0.4) is 0 Å². The first-order valence-electron chi connectivity index (χ1n) is 7.07. The van der Waals surface area contributed by atoms with Crippen molar-refractivity contribution in [3.8, 4) is 5.75 Å². The fourth-order valence-electron chi connectivity index (χ4n) is 1.74. The summed E-state index contributed by atoms with van der Waals surface area (Å²) in [4.78, 5) is 16.0. The second kappa shape index (κ2) is 8.56. The van der Waals surface area contributed by atoms with Gasteiger partial charge >= 0.3 is 0 Å². The highest BCUT2D eigenvalue weighted by Gasteiger charge is 2.13. The minimum atomic E-state index is -0.883. The van der Waals surface area contributed by atoms with Crippen molar-refractivity contribution in [2.75, 3.05) is 19.7 Å². The molecular formula is C15H18FN3O3S. The lowest BCUT2D eigenvalue weighted by Gasteiger charge is -2.12. The van der Waals surface area contributed by atoms with Crippen molar-refractivity contribution in [2.24, 2.45) is 5.73 Å². The third-order valence-electron chi connectivity index (χ3n) is 2.90. The van der Waals surface area contributed by atoms with E-state index < -0.39 is 6.10 Å². The molecule has 0 spiro atoms. The van der Waals surface area contributed by atoms with Gasteiger partial charge in [-0.2, -0.15) is 0 Å². The number of nitrogens with one attached hydrogen (secondary N) is 1. The molecule has 1 heterocycles. The van der Waals surface area contributed by atoms with Crippen LogP contribution >= 0.6 is 11.3 Å². The van der Waals surface area contributed by atoms with Gasteiger partial charge in [-0.1, -0.05) is 0 Å². The molecule has 4 N–H and O–H groups in total. The number of nitrogens with two attached hydrogens (primary N) is 1. The van der Waals surface area contributed by atoms with E-state index in [1.54, 1.807) is 5.38 Å². The van der Waals surface area contributed by atoms with E-state index in [-0.39, 0.29) is 24.9 Å². The van der Waals surface area contributed by atoms with Crippen LogP contribution in [0.25, 0.3) is 0 Å². The smallest absolute Gasteiger partial charge is 0.270 e. The first-order valence-corrected chi connectivity index (χ1v) is 7.95. The maximum Gasteiger partial charge on any atom is 0.270 e. The van der Waals surface area contributed by atoms with E-state index in [2.05, 4.69) is 10.3 Å². The van der Waals surface area contributed by atoms with E-state index in [9.17, 15) is 14.3 Å². The monoisotopic (exact) mass is 339 g/mol. The summed E-state index contributed by atoms with van der Waals surface area (Å²) >= 11 is 1.38. The number of hydrogen-bond donors (Lipinski definition) is 3. The Labute approximate surface area is 137 Å². The molecule has 8 heteroatoms. The van der Waals surface area contributed by atoms with Gasteiger partial charge in [0.25, 0.3) is 5.91 Å². The van der Waals surface area contributed by atoms with Crippen molar-refractivity contribution in [1.82, 2.24) is 10.3 Å². The zero-order valence-electron chi connectivity index (χ0n) is 12.4. The van der Waals surface area contributed by atoms with E-state index in [4.69, 9.17) is 10.5 Å². The van der Waals surface area contributed by atoms with Crippen molar-refractivity contribution >= 4 is 17.2 Å². The summed E-state index contributed by atoms with van der Waals surface area (Å²) in [5.74, 6) is -0.268. The van der Waals surface area contributed by atoms with Crippen LogP contribution in [0.2, 0.25) is 0 Å². The number of aliphatic hydroxyl groups is 1. The number of aliphatic hydroxyl groups excluding tert-OH is 1. The zero-order chi connectivity index (χ0) is 16.7. The van der Waals surface area contributed by atoms with Gasteiger partial charge in [-0.25, -0.2) is 9.37 Å². The SMILES string of the molecule is NCCc1nc(C(=O)NCC(O)COc2ccc(F)cc2)cs1. The number of halogens is 1.